The van der Waals surface area contributed by atoms with Gasteiger partial charge in [0.15, 0.2) is 0 Å². The smallest absolute Gasteiger partial charge is 0.123 e. The van der Waals surface area contributed by atoms with E-state index in [1.165, 1.54) is 36.1 Å². The predicted octanol–water partition coefficient (Wildman–Crippen LogP) is 3.85. The number of halogens is 1. The number of aryl methyl sites for hydroxylation is 1. The Morgan fingerprint density at radius 1 is 1.05 bits per heavy atom. The maximum atomic E-state index is 12.9. The van der Waals surface area contributed by atoms with E-state index in [9.17, 15) is 9.50 Å². The third-order valence-corrected chi connectivity index (χ3v) is 4.14. The van der Waals surface area contributed by atoms with Crippen molar-refractivity contribution in [2.24, 2.45) is 0 Å². The van der Waals surface area contributed by atoms with Crippen LogP contribution in [0.3, 0.4) is 0 Å². The first-order valence-electron chi connectivity index (χ1n) is 7.52. The van der Waals surface area contributed by atoms with Crippen molar-refractivity contribution in [1.82, 2.24) is 0 Å². The van der Waals surface area contributed by atoms with E-state index < -0.39 is 6.10 Å². The summed E-state index contributed by atoms with van der Waals surface area (Å²) in [5.74, 6) is -0.281. The average molecular weight is 285 g/mol. The van der Waals surface area contributed by atoms with E-state index in [1.807, 2.05) is 0 Å². The Labute approximate surface area is 124 Å². The van der Waals surface area contributed by atoms with Crippen LogP contribution >= 0.6 is 0 Å². The van der Waals surface area contributed by atoms with Crippen molar-refractivity contribution >= 4 is 5.69 Å². The van der Waals surface area contributed by atoms with Crippen molar-refractivity contribution in [1.29, 1.82) is 0 Å². The summed E-state index contributed by atoms with van der Waals surface area (Å²) in [6.45, 7) is 0.433. The Bertz CT molecular complexity index is 609. The zero-order valence-electron chi connectivity index (χ0n) is 12.0. The summed E-state index contributed by atoms with van der Waals surface area (Å²) in [5.41, 5.74) is 4.65. The number of nitrogens with one attached hydrogen (secondary N) is 1. The molecule has 2 aromatic rings. The van der Waals surface area contributed by atoms with Crippen molar-refractivity contribution in [2.75, 3.05) is 11.9 Å². The zero-order valence-corrected chi connectivity index (χ0v) is 12.0. The molecule has 21 heavy (non-hydrogen) atoms. The highest BCUT2D eigenvalue weighted by Crippen LogP contribution is 2.28. The Morgan fingerprint density at radius 3 is 2.62 bits per heavy atom. The van der Waals surface area contributed by atoms with E-state index >= 15 is 0 Å². The molecular formula is C18H20FNO. The van der Waals surface area contributed by atoms with E-state index in [0.29, 0.717) is 6.54 Å². The molecule has 0 fully saturated rings. The van der Waals surface area contributed by atoms with Gasteiger partial charge in [-0.05, 0) is 60.6 Å². The number of hydrogen-bond acceptors (Lipinski definition) is 2. The van der Waals surface area contributed by atoms with Gasteiger partial charge in [0.05, 0.1) is 6.10 Å². The second-order valence-electron chi connectivity index (χ2n) is 5.60. The molecule has 0 amide bonds. The van der Waals surface area contributed by atoms with Gasteiger partial charge in [0.1, 0.15) is 5.82 Å². The summed E-state index contributed by atoms with van der Waals surface area (Å²) in [4.78, 5) is 0. The lowest BCUT2D eigenvalue weighted by Gasteiger charge is -2.21. The van der Waals surface area contributed by atoms with Crippen LogP contribution in [0.2, 0.25) is 0 Å². The summed E-state index contributed by atoms with van der Waals surface area (Å²) >= 11 is 0. The van der Waals surface area contributed by atoms with Gasteiger partial charge in [0.25, 0.3) is 0 Å². The fourth-order valence-electron chi connectivity index (χ4n) is 2.96. The molecule has 0 aliphatic heterocycles. The first-order valence-corrected chi connectivity index (χ1v) is 7.52. The van der Waals surface area contributed by atoms with Crippen molar-refractivity contribution in [3.63, 3.8) is 0 Å². The van der Waals surface area contributed by atoms with Crippen LogP contribution in [-0.4, -0.2) is 11.7 Å². The Morgan fingerprint density at radius 2 is 1.81 bits per heavy atom. The second-order valence-corrected chi connectivity index (χ2v) is 5.60. The number of anilines is 1. The number of hydrogen-bond donors (Lipinski definition) is 2. The summed E-state index contributed by atoms with van der Waals surface area (Å²) in [5, 5.41) is 13.5. The highest BCUT2D eigenvalue weighted by atomic mass is 19.1. The first-order chi connectivity index (χ1) is 10.2. The molecule has 0 bridgehead atoms. The molecule has 110 valence electrons. The van der Waals surface area contributed by atoms with Crippen molar-refractivity contribution in [3.8, 4) is 0 Å². The van der Waals surface area contributed by atoms with Gasteiger partial charge in [-0.3, -0.25) is 0 Å². The minimum atomic E-state index is -0.634. The average Bonchev–Trinajstić information content (AvgIpc) is 2.53. The van der Waals surface area contributed by atoms with Gasteiger partial charge in [-0.2, -0.15) is 0 Å². The molecule has 1 unspecified atom stereocenters. The number of aliphatic hydroxyl groups is 1. The van der Waals surface area contributed by atoms with E-state index in [4.69, 9.17) is 0 Å². The molecule has 1 aliphatic rings. The van der Waals surface area contributed by atoms with Gasteiger partial charge in [-0.1, -0.05) is 24.3 Å². The molecule has 2 N–H and O–H groups in total. The second kappa shape index (κ2) is 6.27. The van der Waals surface area contributed by atoms with Gasteiger partial charge < -0.3 is 10.4 Å². The molecule has 0 saturated heterocycles. The lowest BCUT2D eigenvalue weighted by Crippen LogP contribution is -2.15. The molecule has 0 aromatic heterocycles. The first kappa shape index (κ1) is 14.1. The number of fused-ring (bicyclic) bond motifs is 1. The molecule has 0 radical (unpaired) electrons. The van der Waals surface area contributed by atoms with Crippen LogP contribution in [0.4, 0.5) is 10.1 Å². The summed E-state index contributed by atoms with van der Waals surface area (Å²) < 4.78 is 12.9. The summed E-state index contributed by atoms with van der Waals surface area (Å²) in [6, 6.07) is 12.3. The quantitative estimate of drug-likeness (QED) is 0.894. The molecular weight excluding hydrogens is 265 g/mol. The Kier molecular flexibility index (Phi) is 4.20. The lowest BCUT2D eigenvalue weighted by molar-refractivity contribution is 0.191. The molecule has 0 heterocycles. The van der Waals surface area contributed by atoms with Crippen LogP contribution in [0.1, 0.15) is 35.6 Å². The predicted molar refractivity (Wildman–Crippen MR) is 82.9 cm³/mol. The molecule has 0 saturated carbocycles. The summed E-state index contributed by atoms with van der Waals surface area (Å²) in [7, 11) is 0. The largest absolute Gasteiger partial charge is 0.387 e. The van der Waals surface area contributed by atoms with Crippen LogP contribution in [0, 0.1) is 5.82 Å². The molecule has 1 atom stereocenters. The number of benzene rings is 2. The van der Waals surface area contributed by atoms with Crippen LogP contribution in [0.5, 0.6) is 0 Å². The minimum Gasteiger partial charge on any atom is -0.387 e. The van der Waals surface area contributed by atoms with Crippen LogP contribution in [-0.2, 0) is 12.8 Å². The van der Waals surface area contributed by atoms with E-state index in [0.717, 1.165) is 24.1 Å². The molecule has 2 nitrogen and oxygen atoms in total. The van der Waals surface area contributed by atoms with Gasteiger partial charge >= 0.3 is 0 Å². The van der Waals surface area contributed by atoms with Gasteiger partial charge in [0.2, 0.25) is 0 Å². The Balaban J connectivity index is 1.69. The third kappa shape index (κ3) is 3.24. The van der Waals surface area contributed by atoms with Crippen molar-refractivity contribution < 1.29 is 9.50 Å². The van der Waals surface area contributed by atoms with Crippen LogP contribution in [0.15, 0.2) is 42.5 Å². The van der Waals surface area contributed by atoms with Crippen LogP contribution < -0.4 is 5.32 Å². The van der Waals surface area contributed by atoms with E-state index in [-0.39, 0.29) is 5.82 Å². The van der Waals surface area contributed by atoms with Gasteiger partial charge in [-0.25, -0.2) is 4.39 Å². The molecule has 1 aliphatic carbocycles. The summed E-state index contributed by atoms with van der Waals surface area (Å²) in [6.07, 6.45) is 4.10. The molecule has 3 heteroatoms. The molecule has 3 rings (SSSR count). The maximum absolute atomic E-state index is 12.9. The zero-order chi connectivity index (χ0) is 14.7. The number of rotatable bonds is 4. The monoisotopic (exact) mass is 285 g/mol. The standard InChI is InChI=1S/C18H20FNO/c19-15-10-8-14(9-11-15)18(21)12-20-17-7-3-5-13-4-1-2-6-16(13)17/h3,5,7-11,18,20-21H,1-2,4,6,12H2. The van der Waals surface area contributed by atoms with E-state index in [1.54, 1.807) is 12.1 Å². The van der Waals surface area contributed by atoms with Gasteiger partial charge in [0, 0.05) is 12.2 Å². The topological polar surface area (TPSA) is 32.3 Å². The van der Waals surface area contributed by atoms with E-state index in [2.05, 4.69) is 23.5 Å². The highest BCUT2D eigenvalue weighted by Gasteiger charge is 2.14. The highest BCUT2D eigenvalue weighted by molar-refractivity contribution is 5.55. The Hall–Kier alpha value is -1.87. The maximum Gasteiger partial charge on any atom is 0.123 e. The third-order valence-electron chi connectivity index (χ3n) is 4.14. The fourth-order valence-corrected chi connectivity index (χ4v) is 2.96. The SMILES string of the molecule is OC(CNc1cccc2c1CCCC2)c1ccc(F)cc1. The molecule has 0 spiro atoms. The van der Waals surface area contributed by atoms with Crippen molar-refractivity contribution in [2.45, 2.75) is 31.8 Å². The minimum absolute atomic E-state index is 0.281. The lowest BCUT2D eigenvalue weighted by atomic mass is 9.90. The molecule has 2 aromatic carbocycles. The van der Waals surface area contributed by atoms with Crippen LogP contribution in [0.25, 0.3) is 0 Å². The van der Waals surface area contributed by atoms with Gasteiger partial charge in [-0.15, -0.1) is 0 Å². The van der Waals surface area contributed by atoms with Crippen molar-refractivity contribution in [3.05, 3.63) is 65.0 Å². The number of aliphatic hydroxyl groups excluding tert-OH is 1. The normalized spacial score (nSPS) is 15.3. The fraction of sp³-hybridized carbons (Fsp3) is 0.333.